The van der Waals surface area contributed by atoms with Crippen LogP contribution in [0.25, 0.3) is 0 Å². The second kappa shape index (κ2) is 7.64. The molecule has 0 N–H and O–H groups in total. The van der Waals surface area contributed by atoms with Crippen molar-refractivity contribution in [1.29, 1.82) is 0 Å². The molecule has 3 aromatic rings. The van der Waals surface area contributed by atoms with Crippen LogP contribution in [0.1, 0.15) is 32.4 Å². The predicted octanol–water partition coefficient (Wildman–Crippen LogP) is 3.94. The Morgan fingerprint density at radius 3 is 1.97 bits per heavy atom. The highest BCUT2D eigenvalue weighted by Gasteiger charge is 2.74. The molecule has 0 unspecified atom stereocenters. The maximum absolute atomic E-state index is 13.8. The molecule has 0 saturated carbocycles. The molecule has 3 aromatic carbocycles. The predicted molar refractivity (Wildman–Crippen MR) is 126 cm³/mol. The fourth-order valence-corrected chi connectivity index (χ4v) is 5.57. The number of halogens is 1. The number of hydrogen-bond donors (Lipinski definition) is 0. The molecule has 2 aliphatic heterocycles. The molecule has 2 fully saturated rings. The van der Waals surface area contributed by atoms with Crippen molar-refractivity contribution in [2.45, 2.75) is 11.7 Å². The Labute approximate surface area is 208 Å². The van der Waals surface area contributed by atoms with Crippen molar-refractivity contribution in [1.82, 2.24) is 0 Å². The van der Waals surface area contributed by atoms with E-state index in [0.29, 0.717) is 10.6 Å². The van der Waals surface area contributed by atoms with E-state index in [4.69, 9.17) is 16.3 Å². The lowest BCUT2D eigenvalue weighted by atomic mass is 9.77. The number of nitro benzene ring substituents is 1. The summed E-state index contributed by atoms with van der Waals surface area (Å²) in [7, 11) is 0. The zero-order valence-electron chi connectivity index (χ0n) is 18.3. The number of rotatable bonds is 3. The average molecular weight is 503 g/mol. The first kappa shape index (κ1) is 22.3. The summed E-state index contributed by atoms with van der Waals surface area (Å²) in [4.78, 5) is 66.4. The van der Waals surface area contributed by atoms with Crippen LogP contribution in [0.2, 0.25) is 5.02 Å². The molecule has 0 aromatic heterocycles. The van der Waals surface area contributed by atoms with Gasteiger partial charge in [-0.05, 0) is 42.0 Å². The highest BCUT2D eigenvalue weighted by molar-refractivity contribution is 6.37. The van der Waals surface area contributed by atoms with Gasteiger partial charge >= 0.3 is 0 Å². The molecule has 178 valence electrons. The molecule has 6 rings (SSSR count). The molecule has 3 atom stereocenters. The van der Waals surface area contributed by atoms with Crippen LogP contribution >= 0.6 is 11.6 Å². The molecule has 2 saturated heterocycles. The maximum Gasteiger partial charge on any atom is 0.269 e. The van der Waals surface area contributed by atoms with Crippen LogP contribution in [-0.4, -0.2) is 33.9 Å². The number of Topliss-reactive ketones (excluding diaryl/α,β-unsaturated/α-hetero) is 2. The monoisotopic (exact) mass is 502 g/mol. The van der Waals surface area contributed by atoms with Crippen LogP contribution in [0, 0.1) is 22.0 Å². The van der Waals surface area contributed by atoms with E-state index in [1.54, 1.807) is 12.1 Å². The van der Waals surface area contributed by atoms with Crippen molar-refractivity contribution >= 4 is 46.4 Å². The lowest BCUT2D eigenvalue weighted by molar-refractivity contribution is -0.384. The molecule has 3 aliphatic rings. The number of nitro groups is 1. The molecule has 36 heavy (non-hydrogen) atoms. The Bertz CT molecular complexity index is 1460. The quantitative estimate of drug-likeness (QED) is 0.230. The Kier molecular flexibility index (Phi) is 4.73. The number of ketones is 2. The summed E-state index contributed by atoms with van der Waals surface area (Å²) in [6.45, 7) is 0. The molecular formula is C26H15ClN2O7. The largest absolute Gasteiger partial charge is 0.349 e. The van der Waals surface area contributed by atoms with Crippen molar-refractivity contribution in [3.05, 3.63) is 105 Å². The van der Waals surface area contributed by atoms with Crippen LogP contribution in [-0.2, 0) is 14.3 Å². The van der Waals surface area contributed by atoms with E-state index in [1.807, 2.05) is 0 Å². The van der Waals surface area contributed by atoms with Crippen LogP contribution in [0.5, 0.6) is 0 Å². The number of benzene rings is 3. The van der Waals surface area contributed by atoms with Crippen molar-refractivity contribution in [2.75, 3.05) is 4.90 Å². The van der Waals surface area contributed by atoms with Crippen molar-refractivity contribution in [3.8, 4) is 0 Å². The molecule has 0 radical (unpaired) electrons. The zero-order valence-corrected chi connectivity index (χ0v) is 19.0. The fourth-order valence-electron chi connectivity index (χ4n) is 5.45. The number of anilines is 1. The lowest BCUT2D eigenvalue weighted by Crippen LogP contribution is -2.51. The number of amides is 2. The Hall–Kier alpha value is -4.21. The van der Waals surface area contributed by atoms with E-state index >= 15 is 0 Å². The van der Waals surface area contributed by atoms with E-state index in [0.717, 1.165) is 4.90 Å². The maximum atomic E-state index is 13.8. The minimum atomic E-state index is -2.21. The first-order chi connectivity index (χ1) is 17.3. The zero-order chi connectivity index (χ0) is 25.4. The van der Waals surface area contributed by atoms with Gasteiger partial charge in [0.05, 0.1) is 28.6 Å². The number of non-ortho nitro benzene ring substituents is 1. The Balaban J connectivity index is 1.52. The minimum absolute atomic E-state index is 0.121. The van der Waals surface area contributed by atoms with Crippen LogP contribution in [0.4, 0.5) is 11.4 Å². The molecule has 0 bridgehead atoms. The number of nitrogens with zero attached hydrogens (tertiary/aromatic N) is 2. The highest BCUT2D eigenvalue weighted by atomic mass is 35.5. The average Bonchev–Trinajstić information content (AvgIpc) is 3.45. The smallest absolute Gasteiger partial charge is 0.269 e. The second-order valence-electron chi connectivity index (χ2n) is 8.82. The topological polar surface area (TPSA) is 124 Å². The molecule has 1 spiro atoms. The standard InChI is InChI=1S/C26H15ClN2O7/c27-14-7-11-15(12-8-14)28-24(32)19-20(25(28)33)26(22(30)17-3-1-2-4-18(17)23(26)31)36-21(19)13-5-9-16(10-6-13)29(34)35/h1-12,19-21H/t19-,20+,21-/m1/s1. The van der Waals surface area contributed by atoms with Crippen LogP contribution < -0.4 is 4.90 Å². The van der Waals surface area contributed by atoms with Gasteiger partial charge in [0.15, 0.2) is 0 Å². The third kappa shape index (κ3) is 2.81. The Morgan fingerprint density at radius 2 is 1.42 bits per heavy atom. The summed E-state index contributed by atoms with van der Waals surface area (Å²) in [6, 6.07) is 17.5. The molecule has 10 heteroatoms. The fraction of sp³-hybridized carbons (Fsp3) is 0.154. The highest BCUT2D eigenvalue weighted by Crippen LogP contribution is 2.57. The first-order valence-corrected chi connectivity index (χ1v) is 11.4. The van der Waals surface area contributed by atoms with E-state index in [-0.39, 0.29) is 22.5 Å². The molecule has 2 amide bonds. The van der Waals surface area contributed by atoms with Gasteiger partial charge in [-0.1, -0.05) is 35.9 Å². The van der Waals surface area contributed by atoms with Crippen molar-refractivity contribution in [3.63, 3.8) is 0 Å². The van der Waals surface area contributed by atoms with Gasteiger partial charge in [0.1, 0.15) is 0 Å². The SMILES string of the molecule is O=C1[C@H]2[C@@H](c3ccc([N+](=O)[O-])cc3)OC3(C(=O)c4ccccc4C3=O)[C@@H]2C(=O)N1c1ccc(Cl)cc1. The molecular weight excluding hydrogens is 488 g/mol. The van der Waals surface area contributed by atoms with Gasteiger partial charge in [0.2, 0.25) is 29.0 Å². The van der Waals surface area contributed by atoms with Crippen molar-refractivity contribution in [2.24, 2.45) is 11.8 Å². The molecule has 2 heterocycles. The number of ether oxygens (including phenoxy) is 1. The van der Waals surface area contributed by atoms with E-state index in [2.05, 4.69) is 0 Å². The normalized spacial score (nSPS) is 23.9. The third-order valence-electron chi connectivity index (χ3n) is 7.04. The lowest BCUT2D eigenvalue weighted by Gasteiger charge is -2.27. The number of carbonyl (C=O) groups excluding carboxylic acids is 4. The van der Waals surface area contributed by atoms with E-state index in [9.17, 15) is 29.3 Å². The van der Waals surface area contributed by atoms with Gasteiger partial charge in [-0.15, -0.1) is 0 Å². The number of imide groups is 1. The molecule has 9 nitrogen and oxygen atoms in total. The van der Waals surface area contributed by atoms with E-state index in [1.165, 1.54) is 60.7 Å². The van der Waals surface area contributed by atoms with Gasteiger partial charge < -0.3 is 4.74 Å². The minimum Gasteiger partial charge on any atom is -0.349 e. The van der Waals surface area contributed by atoms with Gasteiger partial charge in [-0.25, -0.2) is 4.90 Å². The molecule has 1 aliphatic carbocycles. The summed E-state index contributed by atoms with van der Waals surface area (Å²) in [5, 5.41) is 11.5. The van der Waals surface area contributed by atoms with Gasteiger partial charge in [-0.2, -0.15) is 0 Å². The number of hydrogen-bond acceptors (Lipinski definition) is 7. The summed E-state index contributed by atoms with van der Waals surface area (Å²) in [5.41, 5.74) is -1.57. The van der Waals surface area contributed by atoms with E-state index < -0.39 is 51.8 Å². The number of carbonyl (C=O) groups is 4. The Morgan fingerprint density at radius 1 is 0.833 bits per heavy atom. The van der Waals surface area contributed by atoms with Crippen LogP contribution in [0.3, 0.4) is 0 Å². The summed E-state index contributed by atoms with van der Waals surface area (Å²) in [5.74, 6) is -5.33. The summed E-state index contributed by atoms with van der Waals surface area (Å²) >= 11 is 5.97. The third-order valence-corrected chi connectivity index (χ3v) is 7.29. The summed E-state index contributed by atoms with van der Waals surface area (Å²) in [6.07, 6.45) is -1.16. The van der Waals surface area contributed by atoms with Gasteiger partial charge in [0, 0.05) is 28.3 Å². The first-order valence-electron chi connectivity index (χ1n) is 11.0. The van der Waals surface area contributed by atoms with Gasteiger partial charge in [0.25, 0.3) is 5.69 Å². The van der Waals surface area contributed by atoms with Gasteiger partial charge in [-0.3, -0.25) is 29.3 Å². The van der Waals surface area contributed by atoms with Crippen LogP contribution in [0.15, 0.2) is 72.8 Å². The number of fused-ring (bicyclic) bond motifs is 3. The second-order valence-corrected chi connectivity index (χ2v) is 9.25. The summed E-state index contributed by atoms with van der Waals surface area (Å²) < 4.78 is 6.16. The van der Waals surface area contributed by atoms with Crippen molar-refractivity contribution < 1.29 is 28.8 Å².